The van der Waals surface area contributed by atoms with Crippen molar-refractivity contribution in [3.05, 3.63) is 71.3 Å². The predicted molar refractivity (Wildman–Crippen MR) is 111 cm³/mol. The van der Waals surface area contributed by atoms with Crippen molar-refractivity contribution in [2.75, 3.05) is 13.1 Å². The zero-order valence-electron chi connectivity index (χ0n) is 16.3. The summed E-state index contributed by atoms with van der Waals surface area (Å²) in [5.41, 5.74) is 4.32. The Labute approximate surface area is 159 Å². The van der Waals surface area contributed by atoms with E-state index in [1.165, 1.54) is 68.3 Å². The number of likely N-dealkylation sites (tertiary alicyclic amines) is 1. The fourth-order valence-corrected chi connectivity index (χ4v) is 3.80. The molecule has 1 aliphatic heterocycles. The maximum Gasteiger partial charge on any atom is 0.0233 e. The predicted octanol–water partition coefficient (Wildman–Crippen LogP) is 5.17. The zero-order valence-corrected chi connectivity index (χ0v) is 16.3. The van der Waals surface area contributed by atoms with Gasteiger partial charge in [-0.3, -0.25) is 4.90 Å². The maximum absolute atomic E-state index is 3.77. The number of aryl methyl sites for hydroxylation is 1. The smallest absolute Gasteiger partial charge is 0.0233 e. The van der Waals surface area contributed by atoms with Crippen molar-refractivity contribution in [3.63, 3.8) is 0 Å². The van der Waals surface area contributed by atoms with Gasteiger partial charge in [-0.15, -0.1) is 0 Å². The average molecular weight is 351 g/mol. The van der Waals surface area contributed by atoms with Gasteiger partial charge in [0.2, 0.25) is 0 Å². The molecule has 2 aromatic rings. The van der Waals surface area contributed by atoms with E-state index in [0.717, 1.165) is 13.1 Å². The minimum Gasteiger partial charge on any atom is -0.310 e. The normalized spacial score (nSPS) is 16.0. The molecule has 1 heterocycles. The van der Waals surface area contributed by atoms with Crippen molar-refractivity contribution in [1.82, 2.24) is 10.2 Å². The highest BCUT2D eigenvalue weighted by Crippen LogP contribution is 2.15. The van der Waals surface area contributed by atoms with Crippen LogP contribution in [0.3, 0.4) is 0 Å². The summed E-state index contributed by atoms with van der Waals surface area (Å²) in [6.07, 6.45) is 7.68. The molecule has 0 radical (unpaired) electrons. The van der Waals surface area contributed by atoms with E-state index in [9.17, 15) is 0 Å². The van der Waals surface area contributed by atoms with Crippen LogP contribution in [0, 0.1) is 0 Å². The number of nitrogens with one attached hydrogen (secondary N) is 1. The summed E-state index contributed by atoms with van der Waals surface area (Å²) < 4.78 is 0. The lowest BCUT2D eigenvalue weighted by atomic mass is 10.0. The van der Waals surface area contributed by atoms with Gasteiger partial charge in [-0.2, -0.15) is 0 Å². The minimum atomic E-state index is 0.659. The van der Waals surface area contributed by atoms with Crippen molar-refractivity contribution in [2.24, 2.45) is 0 Å². The quantitative estimate of drug-likeness (QED) is 0.627. The van der Waals surface area contributed by atoms with E-state index >= 15 is 0 Å². The van der Waals surface area contributed by atoms with E-state index in [1.807, 2.05) is 0 Å². The molecule has 0 aliphatic carbocycles. The van der Waals surface area contributed by atoms with E-state index in [2.05, 4.69) is 71.7 Å². The number of nitrogens with zero attached hydrogens (tertiary/aromatic N) is 1. The van der Waals surface area contributed by atoms with E-state index < -0.39 is 0 Å². The lowest BCUT2D eigenvalue weighted by molar-refractivity contribution is 0.190. The summed E-state index contributed by atoms with van der Waals surface area (Å²) in [6.45, 7) is 6.75. The van der Waals surface area contributed by atoms with E-state index in [-0.39, 0.29) is 0 Å². The monoisotopic (exact) mass is 350 g/mol. The number of hydrogen-bond donors (Lipinski definition) is 1. The molecule has 0 aromatic heterocycles. The molecule has 1 saturated heterocycles. The van der Waals surface area contributed by atoms with Crippen molar-refractivity contribution in [3.8, 4) is 0 Å². The summed E-state index contributed by atoms with van der Waals surface area (Å²) in [5, 5.41) is 3.77. The van der Waals surface area contributed by atoms with Gasteiger partial charge < -0.3 is 5.32 Å². The highest BCUT2D eigenvalue weighted by Gasteiger charge is 2.18. The highest BCUT2D eigenvalue weighted by atomic mass is 15.1. The second-order valence-electron chi connectivity index (χ2n) is 7.69. The van der Waals surface area contributed by atoms with Gasteiger partial charge >= 0.3 is 0 Å². The Kier molecular flexibility index (Phi) is 7.72. The van der Waals surface area contributed by atoms with Crippen LogP contribution in [-0.2, 0) is 19.5 Å². The van der Waals surface area contributed by atoms with Gasteiger partial charge in [-0.05, 0) is 55.5 Å². The van der Waals surface area contributed by atoms with Gasteiger partial charge in [0.25, 0.3) is 0 Å². The molecule has 2 nitrogen and oxygen atoms in total. The second-order valence-corrected chi connectivity index (χ2v) is 7.69. The molecule has 0 unspecified atom stereocenters. The van der Waals surface area contributed by atoms with Gasteiger partial charge in [0.15, 0.2) is 0 Å². The molecular formula is C24H34N2. The molecule has 1 N–H and O–H groups in total. The van der Waals surface area contributed by atoms with Gasteiger partial charge in [0.05, 0.1) is 0 Å². The Morgan fingerprint density at radius 2 is 1.54 bits per heavy atom. The average Bonchev–Trinajstić information content (AvgIpc) is 2.69. The topological polar surface area (TPSA) is 15.3 Å². The Morgan fingerprint density at radius 1 is 0.846 bits per heavy atom. The Hall–Kier alpha value is -1.64. The van der Waals surface area contributed by atoms with E-state index in [1.54, 1.807) is 0 Å². The molecule has 0 amide bonds. The van der Waals surface area contributed by atoms with Crippen molar-refractivity contribution in [2.45, 2.75) is 64.6 Å². The van der Waals surface area contributed by atoms with Crippen molar-refractivity contribution < 1.29 is 0 Å². The molecule has 0 saturated carbocycles. The van der Waals surface area contributed by atoms with Crippen LogP contribution in [0.25, 0.3) is 0 Å². The fraction of sp³-hybridized carbons (Fsp3) is 0.500. The summed E-state index contributed by atoms with van der Waals surface area (Å²) in [5.74, 6) is 0. The van der Waals surface area contributed by atoms with Gasteiger partial charge in [-0.25, -0.2) is 0 Å². The molecule has 140 valence electrons. The molecule has 0 atom stereocenters. The van der Waals surface area contributed by atoms with Crippen LogP contribution in [0.5, 0.6) is 0 Å². The van der Waals surface area contributed by atoms with Crippen molar-refractivity contribution in [1.29, 1.82) is 0 Å². The summed E-state index contributed by atoms with van der Waals surface area (Å²) >= 11 is 0. The number of rotatable bonds is 9. The van der Waals surface area contributed by atoms with E-state index in [4.69, 9.17) is 0 Å². The maximum atomic E-state index is 3.77. The van der Waals surface area contributed by atoms with Crippen LogP contribution in [0.1, 0.15) is 55.7 Å². The summed E-state index contributed by atoms with van der Waals surface area (Å²) in [7, 11) is 0. The van der Waals surface area contributed by atoms with E-state index in [0.29, 0.717) is 6.04 Å². The Morgan fingerprint density at radius 3 is 2.23 bits per heavy atom. The third-order valence-corrected chi connectivity index (χ3v) is 5.52. The molecule has 26 heavy (non-hydrogen) atoms. The van der Waals surface area contributed by atoms with Crippen LogP contribution >= 0.6 is 0 Å². The lowest BCUT2D eigenvalue weighted by Crippen LogP contribution is -2.41. The number of unbranched alkanes of at least 4 members (excludes halogenated alkanes) is 2. The lowest BCUT2D eigenvalue weighted by Gasteiger charge is -2.32. The van der Waals surface area contributed by atoms with Crippen LogP contribution < -0.4 is 5.32 Å². The Bertz CT molecular complexity index is 612. The molecule has 0 spiro atoms. The number of benzene rings is 2. The molecule has 1 fully saturated rings. The highest BCUT2D eigenvalue weighted by molar-refractivity contribution is 5.22. The summed E-state index contributed by atoms with van der Waals surface area (Å²) in [4.78, 5) is 2.58. The fourth-order valence-electron chi connectivity index (χ4n) is 3.80. The third-order valence-electron chi connectivity index (χ3n) is 5.52. The standard InChI is InChI=1S/C24H34N2/c1-2-3-5-8-21-11-13-22(14-12-21)19-25-24-15-17-26(18-16-24)20-23-9-6-4-7-10-23/h4,6-7,9-14,24-25H,2-3,5,8,15-20H2,1H3. The first-order valence-corrected chi connectivity index (χ1v) is 10.4. The van der Waals surface area contributed by atoms with Gasteiger partial charge in [0.1, 0.15) is 0 Å². The van der Waals surface area contributed by atoms with Gasteiger partial charge in [0, 0.05) is 19.1 Å². The Balaban J connectivity index is 1.35. The molecule has 0 bridgehead atoms. The SMILES string of the molecule is CCCCCc1ccc(CNC2CCN(Cc3ccccc3)CC2)cc1. The zero-order chi connectivity index (χ0) is 18.0. The van der Waals surface area contributed by atoms with Crippen LogP contribution in [-0.4, -0.2) is 24.0 Å². The van der Waals surface area contributed by atoms with Crippen LogP contribution in [0.15, 0.2) is 54.6 Å². The first-order valence-electron chi connectivity index (χ1n) is 10.4. The largest absolute Gasteiger partial charge is 0.310 e. The second kappa shape index (κ2) is 10.5. The first kappa shape index (κ1) is 19.1. The molecule has 2 aromatic carbocycles. The summed E-state index contributed by atoms with van der Waals surface area (Å²) in [6, 6.07) is 20.7. The molecular weight excluding hydrogens is 316 g/mol. The molecule has 1 aliphatic rings. The molecule has 3 rings (SSSR count). The van der Waals surface area contributed by atoms with Crippen LogP contribution in [0.2, 0.25) is 0 Å². The number of hydrogen-bond acceptors (Lipinski definition) is 2. The van der Waals surface area contributed by atoms with Crippen molar-refractivity contribution >= 4 is 0 Å². The van der Waals surface area contributed by atoms with Crippen LogP contribution in [0.4, 0.5) is 0 Å². The first-order chi connectivity index (χ1) is 12.8. The third kappa shape index (κ3) is 6.26. The molecule has 2 heteroatoms. The minimum absolute atomic E-state index is 0.659. The van der Waals surface area contributed by atoms with Gasteiger partial charge in [-0.1, -0.05) is 74.4 Å². The number of piperidine rings is 1.